The SMILES string of the molecule is O.O.O.O=C([O-])C1CCCCC1.[Na+]. The number of carbonyl (C=O) groups excluding carboxylic acids is 1. The van der Waals surface area contributed by atoms with E-state index in [1.54, 1.807) is 0 Å². The molecule has 1 aliphatic rings. The minimum Gasteiger partial charge on any atom is -0.550 e. The molecule has 13 heavy (non-hydrogen) atoms. The van der Waals surface area contributed by atoms with Crippen molar-refractivity contribution in [2.24, 2.45) is 5.92 Å². The fraction of sp³-hybridized carbons (Fsp3) is 0.857. The van der Waals surface area contributed by atoms with Crippen LogP contribution in [0.15, 0.2) is 0 Å². The molecule has 1 rings (SSSR count). The smallest absolute Gasteiger partial charge is 0.550 e. The van der Waals surface area contributed by atoms with Gasteiger partial charge < -0.3 is 26.3 Å². The summed E-state index contributed by atoms with van der Waals surface area (Å²) in [6, 6.07) is 0. The molecule has 1 saturated carbocycles. The minimum atomic E-state index is -0.852. The van der Waals surface area contributed by atoms with Gasteiger partial charge in [0.1, 0.15) is 0 Å². The van der Waals surface area contributed by atoms with Crippen LogP contribution in [-0.2, 0) is 4.79 Å². The normalized spacial score (nSPS) is 15.1. The molecule has 0 unspecified atom stereocenters. The van der Waals surface area contributed by atoms with E-state index in [0.717, 1.165) is 25.7 Å². The summed E-state index contributed by atoms with van der Waals surface area (Å²) in [6.45, 7) is 0. The fourth-order valence-corrected chi connectivity index (χ4v) is 1.34. The van der Waals surface area contributed by atoms with Crippen molar-refractivity contribution in [1.82, 2.24) is 0 Å². The third-order valence-electron chi connectivity index (χ3n) is 1.94. The van der Waals surface area contributed by atoms with Crippen LogP contribution in [0.3, 0.4) is 0 Å². The second kappa shape index (κ2) is 12.3. The molecule has 6 heteroatoms. The van der Waals surface area contributed by atoms with Crippen molar-refractivity contribution in [1.29, 1.82) is 0 Å². The van der Waals surface area contributed by atoms with Gasteiger partial charge in [0.2, 0.25) is 0 Å². The number of hydrogen-bond acceptors (Lipinski definition) is 2. The molecule has 0 heterocycles. The molecule has 0 atom stereocenters. The average Bonchev–Trinajstić information content (AvgIpc) is 1.90. The first kappa shape index (κ1) is 23.3. The van der Waals surface area contributed by atoms with E-state index in [0.29, 0.717) is 0 Å². The van der Waals surface area contributed by atoms with Crippen molar-refractivity contribution >= 4 is 5.97 Å². The second-order valence-corrected chi connectivity index (χ2v) is 2.65. The molecular formula is C7H17NaO5. The van der Waals surface area contributed by atoms with Crippen LogP contribution in [0, 0.1) is 5.92 Å². The first-order valence-electron chi connectivity index (χ1n) is 3.51. The Labute approximate surface area is 99.7 Å². The summed E-state index contributed by atoms with van der Waals surface area (Å²) in [5.41, 5.74) is 0. The quantitative estimate of drug-likeness (QED) is 0.395. The Hall–Kier alpha value is 0.350. The molecule has 1 fully saturated rings. The molecule has 0 bridgehead atoms. The van der Waals surface area contributed by atoms with Crippen LogP contribution in [0.2, 0.25) is 0 Å². The van der Waals surface area contributed by atoms with E-state index in [1.807, 2.05) is 0 Å². The van der Waals surface area contributed by atoms with Gasteiger partial charge in [0.15, 0.2) is 0 Å². The zero-order chi connectivity index (χ0) is 6.69. The summed E-state index contributed by atoms with van der Waals surface area (Å²) in [5, 5.41) is 10.2. The third kappa shape index (κ3) is 8.67. The summed E-state index contributed by atoms with van der Waals surface area (Å²) >= 11 is 0. The first-order valence-corrected chi connectivity index (χ1v) is 3.51. The van der Waals surface area contributed by atoms with E-state index in [-0.39, 0.29) is 51.9 Å². The molecule has 0 saturated heterocycles. The van der Waals surface area contributed by atoms with Gasteiger partial charge in [-0.25, -0.2) is 0 Å². The number of carboxylic acid groups (broad SMARTS) is 1. The molecule has 0 radical (unpaired) electrons. The van der Waals surface area contributed by atoms with Crippen molar-refractivity contribution in [2.75, 3.05) is 0 Å². The predicted molar refractivity (Wildman–Crippen MR) is 42.4 cm³/mol. The molecule has 0 spiro atoms. The minimum absolute atomic E-state index is 0. The average molecular weight is 204 g/mol. The van der Waals surface area contributed by atoms with Crippen LogP contribution in [0.5, 0.6) is 0 Å². The summed E-state index contributed by atoms with van der Waals surface area (Å²) in [6.07, 6.45) is 5.01. The zero-order valence-electron chi connectivity index (χ0n) is 7.93. The third-order valence-corrected chi connectivity index (χ3v) is 1.94. The molecular weight excluding hydrogens is 187 g/mol. The van der Waals surface area contributed by atoms with Crippen molar-refractivity contribution < 1.29 is 55.9 Å². The van der Waals surface area contributed by atoms with E-state index in [1.165, 1.54) is 6.42 Å². The summed E-state index contributed by atoms with van der Waals surface area (Å²) in [5.74, 6) is -0.992. The number of rotatable bonds is 1. The summed E-state index contributed by atoms with van der Waals surface area (Å²) in [4.78, 5) is 10.2. The van der Waals surface area contributed by atoms with Crippen LogP contribution >= 0.6 is 0 Å². The van der Waals surface area contributed by atoms with Gasteiger partial charge in [-0.1, -0.05) is 19.3 Å². The number of aliphatic carboxylic acids is 1. The Balaban J connectivity index is -0.000000101. The topological polar surface area (TPSA) is 135 Å². The van der Waals surface area contributed by atoms with Crippen LogP contribution in [0.25, 0.3) is 0 Å². The Morgan fingerprint density at radius 1 is 1.00 bits per heavy atom. The van der Waals surface area contributed by atoms with Gasteiger partial charge in [-0.3, -0.25) is 0 Å². The van der Waals surface area contributed by atoms with Gasteiger partial charge in [0, 0.05) is 5.97 Å². The van der Waals surface area contributed by atoms with E-state index in [4.69, 9.17) is 0 Å². The summed E-state index contributed by atoms with van der Waals surface area (Å²) in [7, 11) is 0. The first-order chi connectivity index (χ1) is 4.30. The van der Waals surface area contributed by atoms with Gasteiger partial charge >= 0.3 is 29.6 Å². The van der Waals surface area contributed by atoms with Crippen LogP contribution in [0.4, 0.5) is 0 Å². The van der Waals surface area contributed by atoms with Crippen LogP contribution in [0.1, 0.15) is 32.1 Å². The molecule has 76 valence electrons. The fourth-order valence-electron chi connectivity index (χ4n) is 1.34. The molecule has 0 aromatic heterocycles. The van der Waals surface area contributed by atoms with Gasteiger partial charge in [0.25, 0.3) is 0 Å². The monoisotopic (exact) mass is 204 g/mol. The Morgan fingerprint density at radius 2 is 1.38 bits per heavy atom. The van der Waals surface area contributed by atoms with E-state index in [9.17, 15) is 9.90 Å². The maximum atomic E-state index is 10.2. The standard InChI is InChI=1S/C7H12O2.Na.3H2O/c8-7(9)6-4-2-1-3-5-6;;;;/h6H,1-5H2,(H,8,9);;3*1H2/q;+1;;;/p-1. The Bertz CT molecular complexity index is 113. The van der Waals surface area contributed by atoms with Crippen molar-refractivity contribution in [3.05, 3.63) is 0 Å². The van der Waals surface area contributed by atoms with Crippen molar-refractivity contribution in [2.45, 2.75) is 32.1 Å². The number of carbonyl (C=O) groups is 1. The van der Waals surface area contributed by atoms with E-state index in [2.05, 4.69) is 0 Å². The number of hydrogen-bond donors (Lipinski definition) is 0. The van der Waals surface area contributed by atoms with Crippen molar-refractivity contribution in [3.8, 4) is 0 Å². The molecule has 5 nitrogen and oxygen atoms in total. The van der Waals surface area contributed by atoms with Crippen LogP contribution in [-0.4, -0.2) is 22.4 Å². The maximum Gasteiger partial charge on any atom is 1.00 e. The maximum absolute atomic E-state index is 10.2. The number of carboxylic acids is 1. The molecule has 6 N–H and O–H groups in total. The van der Waals surface area contributed by atoms with Crippen LogP contribution < -0.4 is 34.7 Å². The Morgan fingerprint density at radius 3 is 1.62 bits per heavy atom. The molecule has 0 aromatic rings. The molecule has 0 aromatic carbocycles. The van der Waals surface area contributed by atoms with Gasteiger partial charge in [-0.2, -0.15) is 0 Å². The largest absolute Gasteiger partial charge is 1.00 e. The molecule has 0 amide bonds. The zero-order valence-corrected chi connectivity index (χ0v) is 9.93. The predicted octanol–water partition coefficient (Wildman–Crippen LogP) is -5.15. The van der Waals surface area contributed by atoms with E-state index < -0.39 is 5.97 Å². The summed E-state index contributed by atoms with van der Waals surface area (Å²) < 4.78 is 0. The van der Waals surface area contributed by atoms with Gasteiger partial charge in [0.05, 0.1) is 0 Å². The molecule has 0 aliphatic heterocycles. The van der Waals surface area contributed by atoms with Gasteiger partial charge in [-0.15, -0.1) is 0 Å². The van der Waals surface area contributed by atoms with E-state index >= 15 is 0 Å². The Kier molecular flexibility index (Phi) is 22.1. The second-order valence-electron chi connectivity index (χ2n) is 2.65. The van der Waals surface area contributed by atoms with Crippen molar-refractivity contribution in [3.63, 3.8) is 0 Å². The van der Waals surface area contributed by atoms with Gasteiger partial charge in [-0.05, 0) is 18.8 Å². The molecule has 1 aliphatic carbocycles.